The number of nitrogens with zero attached hydrogens (tertiary/aromatic N) is 6. The molecule has 0 bridgehead atoms. The molecule has 2 aliphatic carbocycles. The summed E-state index contributed by atoms with van der Waals surface area (Å²) in [6, 6.07) is 15.8. The number of ether oxygens (including phenoxy) is 3. The third kappa shape index (κ3) is 9.72. The predicted octanol–water partition coefficient (Wildman–Crippen LogP) is 7.03. The van der Waals surface area contributed by atoms with Crippen LogP contribution in [0.25, 0.3) is 44.1 Å². The highest BCUT2D eigenvalue weighted by molar-refractivity contribution is 5.91. The molecule has 6 aromatic rings. The second kappa shape index (κ2) is 17.9. The molecule has 13 nitrogen and oxygen atoms in total. The van der Waals surface area contributed by atoms with Crippen molar-refractivity contribution >= 4 is 39.3 Å². The quantitative estimate of drug-likeness (QED) is 0.120. The van der Waals surface area contributed by atoms with Gasteiger partial charge in [-0.15, -0.1) is 0 Å². The summed E-state index contributed by atoms with van der Waals surface area (Å²) in [6.07, 6.45) is 15.1. The van der Waals surface area contributed by atoms with E-state index in [-0.39, 0.29) is 43.2 Å². The third-order valence-electron chi connectivity index (χ3n) is 10.8. The van der Waals surface area contributed by atoms with E-state index in [0.717, 1.165) is 68.4 Å². The van der Waals surface area contributed by atoms with Gasteiger partial charge in [-0.3, -0.25) is 33.7 Å². The van der Waals surface area contributed by atoms with Crippen LogP contribution in [0.2, 0.25) is 0 Å². The van der Waals surface area contributed by atoms with Gasteiger partial charge in [-0.25, -0.2) is 0 Å². The van der Waals surface area contributed by atoms with E-state index in [1.807, 2.05) is 74.8 Å². The van der Waals surface area contributed by atoms with Crippen LogP contribution in [0.3, 0.4) is 0 Å². The Morgan fingerprint density at radius 1 is 0.754 bits per heavy atom. The molecule has 2 fully saturated rings. The zero-order chi connectivity index (χ0) is 39.9. The second-order valence-corrected chi connectivity index (χ2v) is 14.9. The van der Waals surface area contributed by atoms with Crippen molar-refractivity contribution in [2.45, 2.75) is 84.6 Å². The van der Waals surface area contributed by atoms with Gasteiger partial charge in [0.15, 0.2) is 0 Å². The summed E-state index contributed by atoms with van der Waals surface area (Å²) >= 11 is 0. The SMILES string of the molecule is CC(=O)OCCn1cc(-c2cc(O[C@H](C)[C@H]3CCC(=O)C3)c3cccnc3c2)cn1.C[C@@H](Oc1cc(-c2cnn(CCO)c2)cc2ncccc12)[C@H]1CCC(=O)C1. The number of aromatic nitrogens is 6. The summed E-state index contributed by atoms with van der Waals surface area (Å²) in [5.74, 6) is 2.39. The molecule has 57 heavy (non-hydrogen) atoms. The minimum Gasteiger partial charge on any atom is -0.490 e. The normalized spacial score (nSPS) is 17.7. The lowest BCUT2D eigenvalue weighted by Gasteiger charge is -2.21. The molecule has 0 saturated heterocycles. The van der Waals surface area contributed by atoms with E-state index in [1.54, 1.807) is 34.2 Å². The molecule has 296 valence electrons. The number of aliphatic hydroxyl groups is 1. The van der Waals surface area contributed by atoms with E-state index in [0.29, 0.717) is 50.3 Å². The van der Waals surface area contributed by atoms with Crippen molar-refractivity contribution in [2.24, 2.45) is 11.8 Å². The Balaban J connectivity index is 0.000000175. The molecule has 4 aromatic heterocycles. The van der Waals surface area contributed by atoms with Crippen molar-refractivity contribution in [1.82, 2.24) is 29.5 Å². The van der Waals surface area contributed by atoms with Gasteiger partial charge in [0.1, 0.15) is 29.7 Å². The Kier molecular flexibility index (Phi) is 12.3. The van der Waals surface area contributed by atoms with Gasteiger partial charge in [0.25, 0.3) is 0 Å². The molecule has 8 rings (SSSR count). The molecule has 0 spiro atoms. The first kappa shape index (κ1) is 39.3. The monoisotopic (exact) mass is 772 g/mol. The van der Waals surface area contributed by atoms with Crippen molar-refractivity contribution in [3.05, 3.63) is 85.7 Å². The van der Waals surface area contributed by atoms with Crippen molar-refractivity contribution in [2.75, 3.05) is 13.2 Å². The maximum atomic E-state index is 11.7. The van der Waals surface area contributed by atoms with Gasteiger partial charge in [-0.05, 0) is 86.3 Å². The number of carbonyl (C=O) groups is 3. The number of benzene rings is 2. The molecule has 2 aliphatic rings. The number of Topliss-reactive ketones (excluding diaryl/α,β-unsaturated/α-hetero) is 2. The Morgan fingerprint density at radius 3 is 1.68 bits per heavy atom. The first-order valence-corrected chi connectivity index (χ1v) is 19.6. The smallest absolute Gasteiger partial charge is 0.302 e. The summed E-state index contributed by atoms with van der Waals surface area (Å²) in [7, 11) is 0. The van der Waals surface area contributed by atoms with Gasteiger partial charge in [0, 0.05) is 91.1 Å². The lowest BCUT2D eigenvalue weighted by atomic mass is 10.0. The lowest BCUT2D eigenvalue weighted by molar-refractivity contribution is -0.141. The fraction of sp³-hybridized carbons (Fsp3) is 0.386. The van der Waals surface area contributed by atoms with Crippen LogP contribution in [0.4, 0.5) is 0 Å². The molecule has 2 saturated carbocycles. The Hall–Kier alpha value is -5.95. The highest BCUT2D eigenvalue weighted by atomic mass is 16.5. The zero-order valence-corrected chi connectivity index (χ0v) is 32.5. The van der Waals surface area contributed by atoms with Crippen LogP contribution in [0.15, 0.2) is 85.7 Å². The molecule has 4 heterocycles. The average Bonchev–Trinajstić information content (AvgIpc) is 4.04. The minimum absolute atomic E-state index is 0.0350. The van der Waals surface area contributed by atoms with Crippen LogP contribution in [0, 0.1) is 11.8 Å². The molecule has 4 atom stereocenters. The summed E-state index contributed by atoms with van der Waals surface area (Å²) in [4.78, 5) is 43.2. The fourth-order valence-electron chi connectivity index (χ4n) is 7.56. The molecule has 0 aliphatic heterocycles. The average molecular weight is 773 g/mol. The van der Waals surface area contributed by atoms with Crippen LogP contribution in [0.5, 0.6) is 11.5 Å². The van der Waals surface area contributed by atoms with Gasteiger partial charge in [-0.1, -0.05) is 0 Å². The van der Waals surface area contributed by atoms with E-state index in [9.17, 15) is 14.4 Å². The van der Waals surface area contributed by atoms with E-state index >= 15 is 0 Å². The van der Waals surface area contributed by atoms with E-state index in [4.69, 9.17) is 19.3 Å². The molecule has 13 heteroatoms. The topological polar surface area (TPSA) is 161 Å². The first-order valence-electron chi connectivity index (χ1n) is 19.6. The van der Waals surface area contributed by atoms with E-state index in [1.165, 1.54) is 6.92 Å². The number of hydrogen-bond acceptors (Lipinski definition) is 11. The molecule has 1 N–H and O–H groups in total. The highest BCUT2D eigenvalue weighted by Gasteiger charge is 2.30. The molecule has 0 unspecified atom stereocenters. The molecule has 0 amide bonds. The molecule has 2 aromatic carbocycles. The zero-order valence-electron chi connectivity index (χ0n) is 32.5. The van der Waals surface area contributed by atoms with Crippen molar-refractivity contribution < 1.29 is 33.7 Å². The summed E-state index contributed by atoms with van der Waals surface area (Å²) < 4.78 is 21.1. The number of ketones is 2. The van der Waals surface area contributed by atoms with Crippen LogP contribution >= 0.6 is 0 Å². The first-order chi connectivity index (χ1) is 27.6. The molecular formula is C44H48N6O7. The summed E-state index contributed by atoms with van der Waals surface area (Å²) in [5, 5.41) is 19.6. The summed E-state index contributed by atoms with van der Waals surface area (Å²) in [5.41, 5.74) is 5.49. The number of carbonyl (C=O) groups excluding carboxylic acids is 3. The van der Waals surface area contributed by atoms with Gasteiger partial charge >= 0.3 is 5.97 Å². The van der Waals surface area contributed by atoms with Crippen LogP contribution in [0.1, 0.15) is 59.3 Å². The van der Waals surface area contributed by atoms with Crippen LogP contribution in [-0.2, 0) is 32.2 Å². The van der Waals surface area contributed by atoms with E-state index < -0.39 is 0 Å². The van der Waals surface area contributed by atoms with Crippen molar-refractivity contribution in [3.8, 4) is 33.8 Å². The number of rotatable bonds is 13. The maximum absolute atomic E-state index is 11.7. The van der Waals surface area contributed by atoms with Crippen LogP contribution in [-0.4, -0.2) is 77.6 Å². The van der Waals surface area contributed by atoms with Gasteiger partial charge in [0.2, 0.25) is 0 Å². The van der Waals surface area contributed by atoms with Crippen molar-refractivity contribution in [3.63, 3.8) is 0 Å². The Labute approximate surface area is 331 Å². The maximum Gasteiger partial charge on any atom is 0.302 e. The third-order valence-corrected chi connectivity index (χ3v) is 10.8. The lowest BCUT2D eigenvalue weighted by Crippen LogP contribution is -2.22. The van der Waals surface area contributed by atoms with Gasteiger partial charge in [-0.2, -0.15) is 10.2 Å². The molecule has 0 radical (unpaired) electrons. The Bertz CT molecular complexity index is 2370. The summed E-state index contributed by atoms with van der Waals surface area (Å²) in [6.45, 7) is 6.74. The largest absolute Gasteiger partial charge is 0.490 e. The fourth-order valence-corrected chi connectivity index (χ4v) is 7.56. The van der Waals surface area contributed by atoms with Crippen molar-refractivity contribution in [1.29, 1.82) is 0 Å². The number of aliphatic hydroxyl groups excluding tert-OH is 1. The standard InChI is InChI=1S/C23H25N3O4.C21H23N3O3/c1-15(17-5-6-20(28)10-17)30-23-12-18(11-22-21(23)4-3-7-24-22)19-13-25-26(14-19)8-9-29-16(2)27;1-14(15-4-5-18(26)9-15)27-21-11-16(10-20-19(21)3-2-6-22-20)17-12-23-24(13-17)7-8-25/h3-4,7,11-15,17H,5-6,8-10H2,1-2H3;2-3,6,10-15,25H,4-5,7-9H2,1H3/t15-,17+;14-,15+/m11/s1. The predicted molar refractivity (Wildman–Crippen MR) is 215 cm³/mol. The van der Waals surface area contributed by atoms with E-state index in [2.05, 4.69) is 20.2 Å². The van der Waals surface area contributed by atoms with Crippen LogP contribution < -0.4 is 9.47 Å². The highest BCUT2D eigenvalue weighted by Crippen LogP contribution is 2.36. The number of pyridine rings is 2. The number of fused-ring (bicyclic) bond motifs is 2. The van der Waals surface area contributed by atoms with Gasteiger partial charge in [0.05, 0.1) is 55.3 Å². The minimum atomic E-state index is -0.303. The van der Waals surface area contributed by atoms with Gasteiger partial charge < -0.3 is 19.3 Å². The second-order valence-electron chi connectivity index (χ2n) is 14.9. The number of hydrogen-bond donors (Lipinski definition) is 1. The molecular weight excluding hydrogens is 725 g/mol. The Morgan fingerprint density at radius 2 is 1.25 bits per heavy atom. The number of esters is 1.